The molecule has 1 amide bonds. The van der Waals surface area contributed by atoms with Crippen LogP contribution in [0.4, 0.5) is 5.69 Å². The van der Waals surface area contributed by atoms with Gasteiger partial charge in [-0.25, -0.2) is 0 Å². The van der Waals surface area contributed by atoms with Gasteiger partial charge in [0.1, 0.15) is 5.82 Å². The number of aryl methyl sites for hydroxylation is 2. The third kappa shape index (κ3) is 4.83. The van der Waals surface area contributed by atoms with E-state index in [1.165, 1.54) is 11.8 Å². The molecule has 1 unspecified atom stereocenters. The number of hydrogen-bond donors (Lipinski definition) is 1. The minimum absolute atomic E-state index is 0.172. The standard InChI is InChI=1S/C19H18Cl2N4OS/c1-11-5-4-6-17(7-11)25-13(3)23-24-19(25)27-12(2)18(26)22-16-9-14(20)8-15(21)10-16/h4-10,12H,1-3H3,(H,22,26). The first-order valence-corrected chi connectivity index (χ1v) is 9.89. The minimum atomic E-state index is -0.394. The van der Waals surface area contributed by atoms with Crippen molar-refractivity contribution in [3.05, 3.63) is 63.9 Å². The Morgan fingerprint density at radius 1 is 1.11 bits per heavy atom. The molecule has 0 radical (unpaired) electrons. The maximum Gasteiger partial charge on any atom is 0.237 e. The van der Waals surface area contributed by atoms with Crippen LogP contribution in [-0.2, 0) is 4.79 Å². The summed E-state index contributed by atoms with van der Waals surface area (Å²) in [4.78, 5) is 12.6. The van der Waals surface area contributed by atoms with Gasteiger partial charge < -0.3 is 5.32 Å². The zero-order valence-corrected chi connectivity index (χ0v) is 17.4. The summed E-state index contributed by atoms with van der Waals surface area (Å²) in [6.07, 6.45) is 0. The van der Waals surface area contributed by atoms with E-state index in [4.69, 9.17) is 23.2 Å². The van der Waals surface area contributed by atoms with Gasteiger partial charge in [0.2, 0.25) is 5.91 Å². The van der Waals surface area contributed by atoms with Crippen molar-refractivity contribution in [2.75, 3.05) is 5.32 Å². The van der Waals surface area contributed by atoms with Crippen LogP contribution in [0.2, 0.25) is 10.0 Å². The Bertz CT molecular complexity index is 969. The smallest absolute Gasteiger partial charge is 0.237 e. The molecule has 1 N–H and O–H groups in total. The lowest BCUT2D eigenvalue weighted by Crippen LogP contribution is -2.23. The molecule has 2 aromatic carbocycles. The number of aromatic nitrogens is 3. The van der Waals surface area contributed by atoms with E-state index in [-0.39, 0.29) is 5.91 Å². The highest BCUT2D eigenvalue weighted by Gasteiger charge is 2.20. The van der Waals surface area contributed by atoms with Gasteiger partial charge in [0, 0.05) is 21.4 Å². The van der Waals surface area contributed by atoms with Gasteiger partial charge in [0.15, 0.2) is 5.16 Å². The van der Waals surface area contributed by atoms with Crippen molar-refractivity contribution in [3.63, 3.8) is 0 Å². The number of carbonyl (C=O) groups is 1. The topological polar surface area (TPSA) is 59.8 Å². The van der Waals surface area contributed by atoms with Gasteiger partial charge in [-0.05, 0) is 56.7 Å². The number of carbonyl (C=O) groups excluding carboxylic acids is 1. The van der Waals surface area contributed by atoms with Crippen LogP contribution in [0.5, 0.6) is 0 Å². The molecule has 0 aliphatic rings. The first kappa shape index (κ1) is 19.7. The fraction of sp³-hybridized carbons (Fsp3) is 0.211. The van der Waals surface area contributed by atoms with Crippen molar-refractivity contribution in [1.29, 1.82) is 0 Å². The Balaban J connectivity index is 1.78. The van der Waals surface area contributed by atoms with Crippen LogP contribution in [0.25, 0.3) is 5.69 Å². The number of rotatable bonds is 5. The summed E-state index contributed by atoms with van der Waals surface area (Å²) in [6.45, 7) is 5.73. The summed E-state index contributed by atoms with van der Waals surface area (Å²) in [5, 5.41) is 12.4. The van der Waals surface area contributed by atoms with Crippen LogP contribution in [0.1, 0.15) is 18.3 Å². The summed E-state index contributed by atoms with van der Waals surface area (Å²) < 4.78 is 1.94. The highest BCUT2D eigenvalue weighted by molar-refractivity contribution is 8.00. The number of thioether (sulfide) groups is 1. The molecule has 0 fully saturated rings. The lowest BCUT2D eigenvalue weighted by atomic mass is 10.2. The maximum absolute atomic E-state index is 12.6. The van der Waals surface area contributed by atoms with E-state index in [2.05, 4.69) is 21.6 Å². The van der Waals surface area contributed by atoms with Gasteiger partial charge in [0.05, 0.1) is 5.25 Å². The van der Waals surface area contributed by atoms with E-state index in [1.807, 2.05) is 43.5 Å². The number of amides is 1. The van der Waals surface area contributed by atoms with Crippen molar-refractivity contribution >= 4 is 46.6 Å². The van der Waals surface area contributed by atoms with Crippen molar-refractivity contribution < 1.29 is 4.79 Å². The van der Waals surface area contributed by atoms with E-state index in [0.717, 1.165) is 17.1 Å². The lowest BCUT2D eigenvalue weighted by Gasteiger charge is -2.14. The number of hydrogen-bond acceptors (Lipinski definition) is 4. The normalized spacial score (nSPS) is 12.0. The molecule has 3 rings (SSSR count). The molecule has 0 aliphatic heterocycles. The molecule has 0 saturated heterocycles. The highest BCUT2D eigenvalue weighted by atomic mass is 35.5. The third-order valence-corrected chi connectivity index (χ3v) is 5.32. The van der Waals surface area contributed by atoms with Gasteiger partial charge in [-0.2, -0.15) is 0 Å². The molecule has 8 heteroatoms. The molecule has 0 aliphatic carbocycles. The average Bonchev–Trinajstić information content (AvgIpc) is 2.94. The SMILES string of the molecule is Cc1cccc(-n2c(C)nnc2SC(C)C(=O)Nc2cc(Cl)cc(Cl)c2)c1. The Morgan fingerprint density at radius 3 is 2.48 bits per heavy atom. The van der Waals surface area contributed by atoms with Crippen LogP contribution in [0, 0.1) is 13.8 Å². The number of nitrogens with zero attached hydrogens (tertiary/aromatic N) is 3. The molecule has 0 spiro atoms. The summed E-state index contributed by atoms with van der Waals surface area (Å²) in [6, 6.07) is 13.0. The average molecular weight is 421 g/mol. The number of nitrogens with one attached hydrogen (secondary N) is 1. The number of benzene rings is 2. The Labute approximate surface area is 172 Å². The molecule has 1 heterocycles. The zero-order chi connectivity index (χ0) is 19.6. The second-order valence-electron chi connectivity index (χ2n) is 6.11. The molecule has 1 atom stereocenters. The molecule has 0 bridgehead atoms. The van der Waals surface area contributed by atoms with E-state index < -0.39 is 5.25 Å². The summed E-state index contributed by atoms with van der Waals surface area (Å²) in [5.41, 5.74) is 2.66. The maximum atomic E-state index is 12.6. The van der Waals surface area contributed by atoms with Crippen LogP contribution in [-0.4, -0.2) is 25.9 Å². The van der Waals surface area contributed by atoms with Gasteiger partial charge in [-0.3, -0.25) is 9.36 Å². The van der Waals surface area contributed by atoms with E-state index in [9.17, 15) is 4.79 Å². The molecule has 5 nitrogen and oxygen atoms in total. The van der Waals surface area contributed by atoms with Crippen LogP contribution in [0.3, 0.4) is 0 Å². The second kappa shape index (κ2) is 8.33. The second-order valence-corrected chi connectivity index (χ2v) is 8.29. The third-order valence-electron chi connectivity index (χ3n) is 3.84. The van der Waals surface area contributed by atoms with Crippen LogP contribution >= 0.6 is 35.0 Å². The predicted molar refractivity (Wildman–Crippen MR) is 111 cm³/mol. The Hall–Kier alpha value is -2.02. The van der Waals surface area contributed by atoms with E-state index in [1.54, 1.807) is 18.2 Å². The van der Waals surface area contributed by atoms with E-state index >= 15 is 0 Å². The molecule has 1 aromatic heterocycles. The number of halogens is 2. The largest absolute Gasteiger partial charge is 0.325 e. The molecule has 27 heavy (non-hydrogen) atoms. The van der Waals surface area contributed by atoms with Crippen molar-refractivity contribution in [1.82, 2.24) is 14.8 Å². The summed E-state index contributed by atoms with van der Waals surface area (Å²) in [7, 11) is 0. The Morgan fingerprint density at radius 2 is 1.81 bits per heavy atom. The van der Waals surface area contributed by atoms with Crippen molar-refractivity contribution in [3.8, 4) is 5.69 Å². The molecule has 3 aromatic rings. The van der Waals surface area contributed by atoms with Crippen molar-refractivity contribution in [2.24, 2.45) is 0 Å². The first-order chi connectivity index (χ1) is 12.8. The van der Waals surface area contributed by atoms with Gasteiger partial charge in [-0.1, -0.05) is 47.1 Å². The quantitative estimate of drug-likeness (QED) is 0.568. The summed E-state index contributed by atoms with van der Waals surface area (Å²) >= 11 is 13.3. The van der Waals surface area contributed by atoms with Gasteiger partial charge >= 0.3 is 0 Å². The van der Waals surface area contributed by atoms with Crippen molar-refractivity contribution in [2.45, 2.75) is 31.2 Å². The summed E-state index contributed by atoms with van der Waals surface area (Å²) in [5.74, 6) is 0.590. The molecular formula is C19H18Cl2N4OS. The minimum Gasteiger partial charge on any atom is -0.325 e. The molecular weight excluding hydrogens is 403 g/mol. The fourth-order valence-corrected chi connectivity index (χ4v) is 4.00. The lowest BCUT2D eigenvalue weighted by molar-refractivity contribution is -0.115. The van der Waals surface area contributed by atoms with Gasteiger partial charge in [0.25, 0.3) is 0 Å². The predicted octanol–water partition coefficient (Wildman–Crippen LogP) is 5.31. The fourth-order valence-electron chi connectivity index (χ4n) is 2.57. The highest BCUT2D eigenvalue weighted by Crippen LogP contribution is 2.28. The van der Waals surface area contributed by atoms with Crippen LogP contribution in [0.15, 0.2) is 47.6 Å². The molecule has 0 saturated carbocycles. The zero-order valence-electron chi connectivity index (χ0n) is 15.0. The monoisotopic (exact) mass is 420 g/mol. The van der Waals surface area contributed by atoms with Crippen LogP contribution < -0.4 is 5.32 Å². The number of anilines is 1. The Kier molecular flexibility index (Phi) is 6.09. The molecule has 140 valence electrons. The van der Waals surface area contributed by atoms with Gasteiger partial charge in [-0.15, -0.1) is 10.2 Å². The van der Waals surface area contributed by atoms with E-state index in [0.29, 0.717) is 20.9 Å². The first-order valence-electron chi connectivity index (χ1n) is 8.26.